The number of rotatable bonds is 1. The average Bonchev–Trinajstić information content (AvgIpc) is 2.53. The van der Waals surface area contributed by atoms with Crippen LogP contribution in [-0.2, 0) is 0 Å². The van der Waals surface area contributed by atoms with Gasteiger partial charge in [-0.1, -0.05) is 23.7 Å². The minimum Gasteiger partial charge on any atom is -0.333 e. The van der Waals surface area contributed by atoms with E-state index in [9.17, 15) is 0 Å². The second-order valence-electron chi connectivity index (χ2n) is 2.59. The molecule has 0 radical (unpaired) electrons. The molecule has 0 spiro atoms. The fourth-order valence-electron chi connectivity index (χ4n) is 1.07. The van der Waals surface area contributed by atoms with Crippen molar-refractivity contribution in [1.29, 1.82) is 0 Å². The summed E-state index contributed by atoms with van der Waals surface area (Å²) in [6.45, 7) is 0. The van der Waals surface area contributed by atoms with Crippen molar-refractivity contribution in [1.82, 2.24) is 9.97 Å². The van der Waals surface area contributed by atoms with E-state index in [1.165, 1.54) is 0 Å². The number of halogens is 2. The monoisotopic (exact) mass is 256 g/mol. The van der Waals surface area contributed by atoms with E-state index >= 15 is 0 Å². The molecule has 0 saturated carbocycles. The molecule has 1 aromatic heterocycles. The van der Waals surface area contributed by atoms with Crippen molar-refractivity contribution in [2.75, 3.05) is 0 Å². The largest absolute Gasteiger partial charge is 0.333 e. The van der Waals surface area contributed by atoms with Gasteiger partial charge in [0, 0.05) is 5.02 Å². The molecule has 0 saturated heterocycles. The molecule has 0 fully saturated rings. The lowest BCUT2D eigenvalue weighted by Crippen LogP contribution is -1.75. The van der Waals surface area contributed by atoms with Crippen molar-refractivity contribution < 1.29 is 0 Å². The molecular weight excluding hydrogens is 251 g/mol. The molecule has 0 atom stereocenters. The number of benzene rings is 1. The Balaban J connectivity index is 2.41. The predicted octanol–water partition coefficient (Wildman–Crippen LogP) is 3.49. The molecule has 66 valence electrons. The molecule has 0 bridgehead atoms. The average molecular weight is 258 g/mol. The Kier molecular flexibility index (Phi) is 2.38. The first-order chi connectivity index (χ1) is 6.25. The quantitative estimate of drug-likeness (QED) is 0.832. The van der Waals surface area contributed by atoms with Crippen molar-refractivity contribution in [2.45, 2.75) is 0 Å². The second-order valence-corrected chi connectivity index (χ2v) is 3.78. The topological polar surface area (TPSA) is 28.7 Å². The van der Waals surface area contributed by atoms with Crippen LogP contribution in [0.25, 0.3) is 11.3 Å². The standard InChI is InChI=1S/C9H6BrClN2/c10-9-12-5-8(13-9)6-1-3-7(11)4-2-6/h1-5H,(H,12,13). The van der Waals surface area contributed by atoms with Gasteiger partial charge in [-0.2, -0.15) is 0 Å². The summed E-state index contributed by atoms with van der Waals surface area (Å²) >= 11 is 9.02. The van der Waals surface area contributed by atoms with E-state index in [1.807, 2.05) is 24.3 Å². The molecule has 1 N–H and O–H groups in total. The smallest absolute Gasteiger partial charge is 0.174 e. The molecule has 1 aromatic carbocycles. The van der Waals surface area contributed by atoms with Gasteiger partial charge in [0.25, 0.3) is 0 Å². The Morgan fingerprint density at radius 2 is 1.92 bits per heavy atom. The molecule has 2 nitrogen and oxygen atoms in total. The van der Waals surface area contributed by atoms with Gasteiger partial charge in [0.1, 0.15) is 0 Å². The van der Waals surface area contributed by atoms with Gasteiger partial charge in [0.2, 0.25) is 0 Å². The maximum atomic E-state index is 5.77. The number of hydrogen-bond donors (Lipinski definition) is 1. The summed E-state index contributed by atoms with van der Waals surface area (Å²) in [4.78, 5) is 7.12. The Labute approximate surface area is 89.1 Å². The first-order valence-electron chi connectivity index (χ1n) is 3.72. The molecule has 2 rings (SSSR count). The van der Waals surface area contributed by atoms with E-state index in [4.69, 9.17) is 11.6 Å². The van der Waals surface area contributed by atoms with E-state index < -0.39 is 0 Å². The highest BCUT2D eigenvalue weighted by Gasteiger charge is 2.00. The Morgan fingerprint density at radius 3 is 2.46 bits per heavy atom. The Morgan fingerprint density at radius 1 is 1.23 bits per heavy atom. The van der Waals surface area contributed by atoms with Gasteiger partial charge in [-0.3, -0.25) is 0 Å². The first-order valence-corrected chi connectivity index (χ1v) is 4.89. The van der Waals surface area contributed by atoms with Gasteiger partial charge in [0.05, 0.1) is 11.9 Å². The van der Waals surface area contributed by atoms with Crippen LogP contribution in [0.15, 0.2) is 35.2 Å². The van der Waals surface area contributed by atoms with Crippen LogP contribution < -0.4 is 0 Å². The SMILES string of the molecule is Clc1ccc(-c2cnc(Br)[nH]2)cc1. The Bertz CT molecular complexity index is 408. The van der Waals surface area contributed by atoms with E-state index in [2.05, 4.69) is 25.9 Å². The lowest BCUT2D eigenvalue weighted by atomic mass is 10.2. The minimum atomic E-state index is 0.734. The highest BCUT2D eigenvalue weighted by molar-refractivity contribution is 9.10. The van der Waals surface area contributed by atoms with Crippen LogP contribution in [0.3, 0.4) is 0 Å². The van der Waals surface area contributed by atoms with Crippen LogP contribution in [0.1, 0.15) is 0 Å². The highest BCUT2D eigenvalue weighted by Crippen LogP contribution is 2.20. The molecule has 0 aliphatic carbocycles. The minimum absolute atomic E-state index is 0.734. The molecule has 4 heteroatoms. The molecule has 2 aromatic rings. The third kappa shape index (κ3) is 1.92. The normalized spacial score (nSPS) is 10.3. The molecule has 13 heavy (non-hydrogen) atoms. The van der Waals surface area contributed by atoms with Crippen LogP contribution in [0.2, 0.25) is 5.02 Å². The number of nitrogens with one attached hydrogen (secondary N) is 1. The number of aromatic amines is 1. The van der Waals surface area contributed by atoms with Crippen molar-refractivity contribution in [2.24, 2.45) is 0 Å². The molecule has 0 unspecified atom stereocenters. The zero-order valence-electron chi connectivity index (χ0n) is 6.59. The highest BCUT2D eigenvalue weighted by atomic mass is 79.9. The molecule has 1 heterocycles. The zero-order chi connectivity index (χ0) is 9.26. The number of nitrogens with zero attached hydrogens (tertiary/aromatic N) is 1. The lowest BCUT2D eigenvalue weighted by molar-refractivity contribution is 1.24. The first kappa shape index (κ1) is 8.78. The zero-order valence-corrected chi connectivity index (χ0v) is 8.93. The summed E-state index contributed by atoms with van der Waals surface area (Å²) in [7, 11) is 0. The third-order valence-corrected chi connectivity index (χ3v) is 2.36. The number of aromatic nitrogens is 2. The van der Waals surface area contributed by atoms with Crippen LogP contribution in [0.5, 0.6) is 0 Å². The molecule has 0 aliphatic heterocycles. The van der Waals surface area contributed by atoms with Crippen molar-refractivity contribution in [3.05, 3.63) is 40.2 Å². The summed E-state index contributed by atoms with van der Waals surface area (Å²) in [5.74, 6) is 0. The van der Waals surface area contributed by atoms with Crippen LogP contribution in [0, 0.1) is 0 Å². The summed E-state index contributed by atoms with van der Waals surface area (Å²) < 4.78 is 0.734. The summed E-state index contributed by atoms with van der Waals surface area (Å²) in [5, 5.41) is 0.738. The van der Waals surface area contributed by atoms with Gasteiger partial charge in [-0.25, -0.2) is 4.98 Å². The molecule has 0 amide bonds. The number of hydrogen-bond acceptors (Lipinski definition) is 1. The number of imidazole rings is 1. The Hall–Kier alpha value is -0.800. The molecule has 0 aliphatic rings. The number of H-pyrrole nitrogens is 1. The third-order valence-electron chi connectivity index (χ3n) is 1.70. The van der Waals surface area contributed by atoms with Crippen LogP contribution in [0.4, 0.5) is 0 Å². The van der Waals surface area contributed by atoms with E-state index in [0.29, 0.717) is 0 Å². The maximum Gasteiger partial charge on any atom is 0.174 e. The van der Waals surface area contributed by atoms with Gasteiger partial charge in [0.15, 0.2) is 4.73 Å². The van der Waals surface area contributed by atoms with Crippen molar-refractivity contribution >= 4 is 27.5 Å². The summed E-state index contributed by atoms with van der Waals surface area (Å²) in [5.41, 5.74) is 2.05. The van der Waals surface area contributed by atoms with Gasteiger partial charge < -0.3 is 4.98 Å². The molecular formula is C9H6BrClN2. The van der Waals surface area contributed by atoms with E-state index in [-0.39, 0.29) is 0 Å². The summed E-state index contributed by atoms with van der Waals surface area (Å²) in [6, 6.07) is 7.60. The fourth-order valence-corrected chi connectivity index (χ4v) is 1.51. The maximum absolute atomic E-state index is 5.77. The summed E-state index contributed by atoms with van der Waals surface area (Å²) in [6.07, 6.45) is 1.77. The van der Waals surface area contributed by atoms with Gasteiger partial charge >= 0.3 is 0 Å². The van der Waals surface area contributed by atoms with E-state index in [0.717, 1.165) is 21.0 Å². The fraction of sp³-hybridized carbons (Fsp3) is 0. The lowest BCUT2D eigenvalue weighted by Gasteiger charge is -1.95. The van der Waals surface area contributed by atoms with Crippen LogP contribution >= 0.6 is 27.5 Å². The van der Waals surface area contributed by atoms with Crippen molar-refractivity contribution in [3.8, 4) is 11.3 Å². The van der Waals surface area contributed by atoms with Crippen LogP contribution in [-0.4, -0.2) is 9.97 Å². The second kappa shape index (κ2) is 3.52. The van der Waals surface area contributed by atoms with Gasteiger partial charge in [-0.15, -0.1) is 0 Å². The predicted molar refractivity (Wildman–Crippen MR) is 56.7 cm³/mol. The van der Waals surface area contributed by atoms with Gasteiger partial charge in [-0.05, 0) is 33.6 Å². The van der Waals surface area contributed by atoms with E-state index in [1.54, 1.807) is 6.20 Å². The van der Waals surface area contributed by atoms with Crippen molar-refractivity contribution in [3.63, 3.8) is 0 Å².